The van der Waals surface area contributed by atoms with Crippen molar-refractivity contribution in [2.24, 2.45) is 5.73 Å². The highest BCUT2D eigenvalue weighted by molar-refractivity contribution is 6.32. The zero-order chi connectivity index (χ0) is 26.8. The average Bonchev–Trinajstić information content (AvgIpc) is 3.40. The van der Waals surface area contributed by atoms with Gasteiger partial charge in [0.05, 0.1) is 23.4 Å². The number of fused-ring (bicyclic) bond motifs is 3. The second-order valence-electron chi connectivity index (χ2n) is 9.29. The number of halogens is 2. The predicted molar refractivity (Wildman–Crippen MR) is 144 cm³/mol. The van der Waals surface area contributed by atoms with E-state index < -0.39 is 17.3 Å². The van der Waals surface area contributed by atoms with Gasteiger partial charge in [-0.25, -0.2) is 4.79 Å². The quantitative estimate of drug-likeness (QED) is 0.461. The van der Waals surface area contributed by atoms with E-state index in [4.69, 9.17) is 33.7 Å². The van der Waals surface area contributed by atoms with Crippen molar-refractivity contribution in [1.82, 2.24) is 0 Å². The van der Waals surface area contributed by atoms with Gasteiger partial charge < -0.3 is 15.4 Å². The normalized spacial score (nSPS) is 20.2. The summed E-state index contributed by atoms with van der Waals surface area (Å²) in [6, 6.07) is 21.8. The first-order valence-electron chi connectivity index (χ1n) is 11.8. The molecule has 0 fully saturated rings. The van der Waals surface area contributed by atoms with Gasteiger partial charge in [-0.15, -0.1) is 0 Å². The zero-order valence-electron chi connectivity index (χ0n) is 20.2. The summed E-state index contributed by atoms with van der Waals surface area (Å²) in [5, 5.41) is 11.5. The number of hydrogen-bond acceptors (Lipinski definition) is 6. The van der Waals surface area contributed by atoms with Crippen molar-refractivity contribution in [3.05, 3.63) is 116 Å². The number of nitrogens with zero attached hydrogens (tertiary/aromatic N) is 3. The van der Waals surface area contributed by atoms with E-state index in [2.05, 4.69) is 6.07 Å². The molecular formula is C29H20Cl2N4O3. The number of ether oxygens (including phenoxy) is 1. The minimum absolute atomic E-state index is 0.0345. The van der Waals surface area contributed by atoms with Gasteiger partial charge in [0.25, 0.3) is 0 Å². The summed E-state index contributed by atoms with van der Waals surface area (Å²) in [6.07, 6.45) is 0. The van der Waals surface area contributed by atoms with Crippen LogP contribution in [0.4, 0.5) is 11.4 Å². The van der Waals surface area contributed by atoms with Crippen LogP contribution in [0.15, 0.2) is 89.4 Å². The molecule has 0 aliphatic carbocycles. The molecule has 1 unspecified atom stereocenters. The molecule has 3 aromatic carbocycles. The molecule has 9 heteroatoms. The van der Waals surface area contributed by atoms with Crippen LogP contribution in [-0.2, 0) is 26.3 Å². The van der Waals surface area contributed by atoms with Crippen molar-refractivity contribution in [2.75, 3.05) is 16.4 Å². The Labute approximate surface area is 228 Å². The predicted octanol–water partition coefficient (Wildman–Crippen LogP) is 5.11. The third-order valence-corrected chi connectivity index (χ3v) is 8.10. The molecule has 3 aliphatic heterocycles. The molecule has 0 saturated carbocycles. The lowest BCUT2D eigenvalue weighted by atomic mass is 9.67. The van der Waals surface area contributed by atoms with Gasteiger partial charge in [-0.2, -0.15) is 5.26 Å². The van der Waals surface area contributed by atoms with Crippen LogP contribution in [0, 0.1) is 18.3 Å². The van der Waals surface area contributed by atoms with E-state index in [9.17, 15) is 14.9 Å². The molecule has 6 rings (SSSR count). The maximum atomic E-state index is 14.6. The summed E-state index contributed by atoms with van der Waals surface area (Å²) in [5.74, 6) is -1.11. The van der Waals surface area contributed by atoms with Gasteiger partial charge in [-0.05, 0) is 42.3 Å². The fraction of sp³-hybridized carbons (Fsp3) is 0.138. The number of esters is 1. The molecule has 1 spiro atoms. The fourth-order valence-corrected chi connectivity index (χ4v) is 5.93. The lowest BCUT2D eigenvalue weighted by Gasteiger charge is -2.38. The maximum Gasteiger partial charge on any atom is 0.338 e. The number of amides is 1. The second-order valence-corrected chi connectivity index (χ2v) is 10.1. The van der Waals surface area contributed by atoms with Crippen LogP contribution in [0.2, 0.25) is 10.0 Å². The Hall–Kier alpha value is -4.25. The van der Waals surface area contributed by atoms with Crippen LogP contribution in [-0.4, -0.2) is 18.5 Å². The third kappa shape index (κ3) is 3.14. The molecule has 1 amide bonds. The number of cyclic esters (lactones) is 1. The van der Waals surface area contributed by atoms with E-state index in [1.807, 2.05) is 31.2 Å². The molecule has 0 radical (unpaired) electrons. The summed E-state index contributed by atoms with van der Waals surface area (Å²) in [7, 11) is 0. The molecule has 0 saturated heterocycles. The van der Waals surface area contributed by atoms with Crippen LogP contribution in [0.3, 0.4) is 0 Å². The number of nitrogens with two attached hydrogens (primary N) is 1. The number of para-hydroxylation sites is 1. The summed E-state index contributed by atoms with van der Waals surface area (Å²) in [5.41, 5.74) is 8.56. The number of hydrogen-bond donors (Lipinski definition) is 1. The minimum atomic E-state index is -1.76. The summed E-state index contributed by atoms with van der Waals surface area (Å²) >= 11 is 12.8. The number of aryl methyl sites for hydroxylation is 1. The molecule has 7 nitrogen and oxygen atoms in total. The first kappa shape index (κ1) is 24.1. The molecular weight excluding hydrogens is 523 g/mol. The van der Waals surface area contributed by atoms with Crippen molar-refractivity contribution in [3.63, 3.8) is 0 Å². The average molecular weight is 543 g/mol. The van der Waals surface area contributed by atoms with E-state index >= 15 is 0 Å². The van der Waals surface area contributed by atoms with E-state index in [1.54, 1.807) is 52.3 Å². The number of carbonyl (C=O) groups is 2. The van der Waals surface area contributed by atoms with Crippen LogP contribution in [0.5, 0.6) is 0 Å². The first-order valence-corrected chi connectivity index (χ1v) is 12.6. The maximum absolute atomic E-state index is 14.6. The Morgan fingerprint density at radius 2 is 1.79 bits per heavy atom. The van der Waals surface area contributed by atoms with Gasteiger partial charge in [0, 0.05) is 27.0 Å². The van der Waals surface area contributed by atoms with E-state index in [0.29, 0.717) is 32.7 Å². The summed E-state index contributed by atoms with van der Waals surface area (Å²) in [6.45, 7) is 1.90. The number of carbonyl (C=O) groups excluding carboxylic acids is 2. The third-order valence-electron chi connectivity index (χ3n) is 7.33. The van der Waals surface area contributed by atoms with Crippen molar-refractivity contribution in [2.45, 2.75) is 18.9 Å². The Bertz CT molecular complexity index is 1670. The summed E-state index contributed by atoms with van der Waals surface area (Å²) < 4.78 is 5.50. The van der Waals surface area contributed by atoms with Gasteiger partial charge in [-0.1, -0.05) is 65.7 Å². The topological polar surface area (TPSA) is 99.7 Å². The highest BCUT2D eigenvalue weighted by Gasteiger charge is 2.64. The number of benzene rings is 3. The fourth-order valence-electron chi connectivity index (χ4n) is 5.56. The molecule has 3 aromatic rings. The Balaban J connectivity index is 1.62. The molecule has 0 aromatic heterocycles. The lowest BCUT2D eigenvalue weighted by molar-refractivity contribution is -0.137. The molecule has 188 valence electrons. The van der Waals surface area contributed by atoms with Gasteiger partial charge >= 0.3 is 5.97 Å². The van der Waals surface area contributed by atoms with Gasteiger partial charge in [0.1, 0.15) is 23.9 Å². The number of rotatable bonds is 3. The van der Waals surface area contributed by atoms with Gasteiger partial charge in [0.2, 0.25) is 5.91 Å². The van der Waals surface area contributed by atoms with Crippen LogP contribution in [0.1, 0.15) is 16.7 Å². The summed E-state index contributed by atoms with van der Waals surface area (Å²) in [4.78, 5) is 31.1. The molecule has 0 bridgehead atoms. The zero-order valence-corrected chi connectivity index (χ0v) is 21.7. The Morgan fingerprint density at radius 3 is 2.53 bits per heavy atom. The molecule has 3 aliphatic rings. The molecule has 2 N–H and O–H groups in total. The minimum Gasteiger partial charge on any atom is -0.456 e. The van der Waals surface area contributed by atoms with Gasteiger partial charge in [0.15, 0.2) is 0 Å². The first-order chi connectivity index (χ1) is 18.3. The SMILES string of the molecule is Cc1ccc(N2C(N)=C(C#N)C3(C(=O)N(Cc4ccccc4Cl)c4ccccc43)C3=C2COC3=O)cc1Cl. The molecule has 38 heavy (non-hydrogen) atoms. The highest BCUT2D eigenvalue weighted by Crippen LogP contribution is 2.56. The smallest absolute Gasteiger partial charge is 0.338 e. The van der Waals surface area contributed by atoms with E-state index in [1.165, 1.54) is 0 Å². The van der Waals surface area contributed by atoms with Crippen molar-refractivity contribution in [3.8, 4) is 6.07 Å². The second kappa shape index (κ2) is 8.66. The van der Waals surface area contributed by atoms with Crippen LogP contribution in [0.25, 0.3) is 0 Å². The van der Waals surface area contributed by atoms with Crippen LogP contribution >= 0.6 is 23.2 Å². The van der Waals surface area contributed by atoms with E-state index in [0.717, 1.165) is 11.1 Å². The van der Waals surface area contributed by atoms with Crippen molar-refractivity contribution < 1.29 is 14.3 Å². The van der Waals surface area contributed by atoms with Crippen LogP contribution < -0.4 is 15.5 Å². The monoisotopic (exact) mass is 542 g/mol. The molecule has 3 heterocycles. The lowest BCUT2D eigenvalue weighted by Crippen LogP contribution is -2.50. The number of nitriles is 1. The van der Waals surface area contributed by atoms with E-state index in [-0.39, 0.29) is 30.1 Å². The van der Waals surface area contributed by atoms with Crippen molar-refractivity contribution in [1.29, 1.82) is 5.26 Å². The standard InChI is InChI=1S/C29H20Cl2N4O3/c1-16-10-11-18(12-22(16)31)35-24-15-38-27(36)25(24)29(20(13-32)26(35)33)19-7-3-5-9-23(19)34(28(29)37)14-17-6-2-4-8-21(17)30/h2-12H,14-15,33H2,1H3. The molecule has 1 atom stereocenters. The van der Waals surface area contributed by atoms with Gasteiger partial charge in [-0.3, -0.25) is 9.69 Å². The Kier molecular flexibility index (Phi) is 5.49. The highest BCUT2D eigenvalue weighted by atomic mass is 35.5. The largest absolute Gasteiger partial charge is 0.456 e. The Morgan fingerprint density at radius 1 is 1.05 bits per heavy atom. The van der Waals surface area contributed by atoms with Crippen molar-refractivity contribution >= 4 is 46.5 Å². The number of anilines is 2.